The second kappa shape index (κ2) is 7.85. The van der Waals surface area contributed by atoms with E-state index in [1.165, 1.54) is 4.31 Å². The van der Waals surface area contributed by atoms with Gasteiger partial charge < -0.3 is 5.32 Å². The van der Waals surface area contributed by atoms with Gasteiger partial charge in [-0.2, -0.15) is 4.31 Å². The molecular formula is C18H20BrN3O3S. The number of piperidine rings is 1. The first-order chi connectivity index (χ1) is 12.4. The van der Waals surface area contributed by atoms with E-state index in [2.05, 4.69) is 26.2 Å². The minimum atomic E-state index is -3.61. The highest BCUT2D eigenvalue weighted by molar-refractivity contribution is 9.10. The second-order valence-corrected chi connectivity index (χ2v) is 9.16. The second-order valence-electron chi connectivity index (χ2n) is 6.31. The molecule has 1 saturated heterocycles. The molecule has 2 aromatic rings. The number of hydrogen-bond donors (Lipinski definition) is 1. The Morgan fingerprint density at radius 3 is 2.65 bits per heavy atom. The van der Waals surface area contributed by atoms with Gasteiger partial charge in [0.25, 0.3) is 0 Å². The SMILES string of the molecule is Cc1cccc(NC(=O)C2CCCN(S(=O)(=O)c3ccc(Br)cc3)C2)n1. The van der Waals surface area contributed by atoms with Crippen LogP contribution >= 0.6 is 15.9 Å². The molecule has 1 fully saturated rings. The molecule has 3 rings (SSSR count). The Balaban J connectivity index is 1.72. The molecule has 26 heavy (non-hydrogen) atoms. The van der Waals surface area contributed by atoms with Crippen LogP contribution in [-0.2, 0) is 14.8 Å². The first-order valence-corrected chi connectivity index (χ1v) is 10.6. The minimum absolute atomic E-state index is 0.177. The molecule has 0 aliphatic carbocycles. The van der Waals surface area contributed by atoms with E-state index < -0.39 is 15.9 Å². The van der Waals surface area contributed by atoms with Gasteiger partial charge in [0, 0.05) is 23.3 Å². The fourth-order valence-corrected chi connectivity index (χ4v) is 4.76. The molecule has 1 N–H and O–H groups in total. The molecule has 0 radical (unpaired) electrons. The zero-order valence-electron chi connectivity index (χ0n) is 14.4. The highest BCUT2D eigenvalue weighted by Gasteiger charge is 2.33. The predicted molar refractivity (Wildman–Crippen MR) is 103 cm³/mol. The minimum Gasteiger partial charge on any atom is -0.310 e. The lowest BCUT2D eigenvalue weighted by atomic mass is 9.99. The van der Waals surface area contributed by atoms with Crippen LogP contribution in [0, 0.1) is 12.8 Å². The number of benzene rings is 1. The Labute approximate surface area is 161 Å². The van der Waals surface area contributed by atoms with E-state index in [9.17, 15) is 13.2 Å². The fraction of sp³-hybridized carbons (Fsp3) is 0.333. The third-order valence-corrected chi connectivity index (χ3v) is 6.75. The molecule has 1 aliphatic rings. The van der Waals surface area contributed by atoms with Gasteiger partial charge in [0.05, 0.1) is 10.8 Å². The Morgan fingerprint density at radius 1 is 1.23 bits per heavy atom. The summed E-state index contributed by atoms with van der Waals surface area (Å²) in [4.78, 5) is 17.1. The molecule has 1 aromatic carbocycles. The molecule has 0 saturated carbocycles. The number of carbonyl (C=O) groups excluding carboxylic acids is 1. The van der Waals surface area contributed by atoms with E-state index in [0.717, 1.165) is 10.2 Å². The zero-order valence-corrected chi connectivity index (χ0v) is 16.8. The van der Waals surface area contributed by atoms with Gasteiger partial charge in [-0.15, -0.1) is 0 Å². The summed E-state index contributed by atoms with van der Waals surface area (Å²) in [5.74, 6) is -0.0991. The average Bonchev–Trinajstić information content (AvgIpc) is 2.62. The van der Waals surface area contributed by atoms with Crippen molar-refractivity contribution in [2.75, 3.05) is 18.4 Å². The van der Waals surface area contributed by atoms with E-state index >= 15 is 0 Å². The number of nitrogens with zero attached hydrogens (tertiary/aromatic N) is 2. The van der Waals surface area contributed by atoms with Crippen LogP contribution in [0.5, 0.6) is 0 Å². The van der Waals surface area contributed by atoms with Crippen LogP contribution in [0.25, 0.3) is 0 Å². The highest BCUT2D eigenvalue weighted by Crippen LogP contribution is 2.25. The molecule has 2 heterocycles. The molecule has 1 aliphatic heterocycles. The number of hydrogen-bond acceptors (Lipinski definition) is 4. The average molecular weight is 438 g/mol. The molecular weight excluding hydrogens is 418 g/mol. The summed E-state index contributed by atoms with van der Waals surface area (Å²) < 4.78 is 27.9. The number of anilines is 1. The monoisotopic (exact) mass is 437 g/mol. The van der Waals surface area contributed by atoms with Crippen molar-refractivity contribution >= 4 is 37.7 Å². The van der Waals surface area contributed by atoms with Crippen LogP contribution in [0.2, 0.25) is 0 Å². The van der Waals surface area contributed by atoms with Gasteiger partial charge in [-0.1, -0.05) is 22.0 Å². The number of aromatic nitrogens is 1. The van der Waals surface area contributed by atoms with Gasteiger partial charge >= 0.3 is 0 Å². The standard InChI is InChI=1S/C18H20BrN3O3S/c1-13-4-2-6-17(20-13)21-18(23)14-5-3-11-22(12-14)26(24,25)16-9-7-15(19)8-10-16/h2,4,6-10,14H,3,5,11-12H2,1H3,(H,20,21,23). The van der Waals surface area contributed by atoms with Gasteiger partial charge in [0.1, 0.15) is 5.82 Å². The number of pyridine rings is 1. The molecule has 0 spiro atoms. The van der Waals surface area contributed by atoms with E-state index in [1.807, 2.05) is 19.1 Å². The lowest BCUT2D eigenvalue weighted by Crippen LogP contribution is -2.43. The summed E-state index contributed by atoms with van der Waals surface area (Å²) in [5, 5.41) is 2.79. The smallest absolute Gasteiger partial charge is 0.243 e. The number of carbonyl (C=O) groups is 1. The summed E-state index contributed by atoms with van der Waals surface area (Å²) in [6.45, 7) is 2.45. The maximum Gasteiger partial charge on any atom is 0.243 e. The van der Waals surface area contributed by atoms with Crippen molar-refractivity contribution in [3.05, 3.63) is 52.6 Å². The molecule has 138 valence electrons. The summed E-state index contributed by atoms with van der Waals surface area (Å²) in [5.41, 5.74) is 0.811. The number of rotatable bonds is 4. The third kappa shape index (κ3) is 4.31. The molecule has 1 atom stereocenters. The largest absolute Gasteiger partial charge is 0.310 e. The lowest BCUT2D eigenvalue weighted by Gasteiger charge is -2.31. The summed E-state index contributed by atoms with van der Waals surface area (Å²) in [7, 11) is -3.61. The summed E-state index contributed by atoms with van der Waals surface area (Å²) in [6.07, 6.45) is 1.30. The van der Waals surface area contributed by atoms with E-state index in [1.54, 1.807) is 30.3 Å². The molecule has 1 amide bonds. The Morgan fingerprint density at radius 2 is 1.96 bits per heavy atom. The van der Waals surface area contributed by atoms with Gasteiger partial charge in [0.2, 0.25) is 15.9 Å². The summed E-state index contributed by atoms with van der Waals surface area (Å²) >= 11 is 3.31. The molecule has 0 bridgehead atoms. The first kappa shape index (κ1) is 19.0. The van der Waals surface area contributed by atoms with Gasteiger partial charge in [-0.05, 0) is 56.2 Å². The van der Waals surface area contributed by atoms with E-state index in [-0.39, 0.29) is 17.3 Å². The Kier molecular flexibility index (Phi) is 5.74. The lowest BCUT2D eigenvalue weighted by molar-refractivity contribution is -0.120. The molecule has 1 unspecified atom stereocenters. The zero-order chi connectivity index (χ0) is 18.7. The van der Waals surface area contributed by atoms with Crippen molar-refractivity contribution in [1.82, 2.24) is 9.29 Å². The quantitative estimate of drug-likeness (QED) is 0.796. The van der Waals surface area contributed by atoms with Crippen LogP contribution < -0.4 is 5.32 Å². The van der Waals surface area contributed by atoms with Crippen LogP contribution in [0.1, 0.15) is 18.5 Å². The number of sulfonamides is 1. The fourth-order valence-electron chi connectivity index (χ4n) is 2.97. The first-order valence-electron chi connectivity index (χ1n) is 8.36. The third-order valence-electron chi connectivity index (χ3n) is 4.35. The maximum atomic E-state index is 12.8. The van der Waals surface area contributed by atoms with Crippen molar-refractivity contribution < 1.29 is 13.2 Å². The van der Waals surface area contributed by atoms with Crippen molar-refractivity contribution in [3.63, 3.8) is 0 Å². The van der Waals surface area contributed by atoms with Crippen LogP contribution in [0.4, 0.5) is 5.82 Å². The number of amides is 1. The number of nitrogens with one attached hydrogen (secondary N) is 1. The van der Waals surface area contributed by atoms with E-state index in [4.69, 9.17) is 0 Å². The number of aryl methyl sites for hydroxylation is 1. The van der Waals surface area contributed by atoms with E-state index in [0.29, 0.717) is 25.2 Å². The van der Waals surface area contributed by atoms with Crippen molar-refractivity contribution in [2.45, 2.75) is 24.7 Å². The Hall–Kier alpha value is -1.77. The van der Waals surface area contributed by atoms with Gasteiger partial charge in [0.15, 0.2) is 0 Å². The van der Waals surface area contributed by atoms with Crippen molar-refractivity contribution in [2.24, 2.45) is 5.92 Å². The van der Waals surface area contributed by atoms with Gasteiger partial charge in [-0.25, -0.2) is 13.4 Å². The van der Waals surface area contributed by atoms with Crippen molar-refractivity contribution in [3.8, 4) is 0 Å². The number of halogens is 1. The molecule has 8 heteroatoms. The van der Waals surface area contributed by atoms with Crippen LogP contribution in [-0.4, -0.2) is 36.7 Å². The topological polar surface area (TPSA) is 79.4 Å². The molecule has 6 nitrogen and oxygen atoms in total. The van der Waals surface area contributed by atoms with Crippen LogP contribution in [0.15, 0.2) is 51.8 Å². The Bertz CT molecular complexity index is 900. The van der Waals surface area contributed by atoms with Crippen LogP contribution in [0.3, 0.4) is 0 Å². The molecule has 1 aromatic heterocycles. The predicted octanol–water partition coefficient (Wildman–Crippen LogP) is 3.19. The normalized spacial score (nSPS) is 18.5. The van der Waals surface area contributed by atoms with Crippen molar-refractivity contribution in [1.29, 1.82) is 0 Å². The summed E-state index contributed by atoms with van der Waals surface area (Å²) in [6, 6.07) is 11.9. The maximum absolute atomic E-state index is 12.8. The highest BCUT2D eigenvalue weighted by atomic mass is 79.9. The van der Waals surface area contributed by atoms with Gasteiger partial charge in [-0.3, -0.25) is 4.79 Å².